The molecule has 0 unspecified atom stereocenters. The molecule has 0 aromatic rings. The predicted octanol–water partition coefficient (Wildman–Crippen LogP) is 0.130. The maximum atomic E-state index is 7.50. The first-order valence-corrected chi connectivity index (χ1v) is 0.928. The number of rotatable bonds is 0. The number of carbonyl (C=O) groups excluding carboxylic acids is 1. The summed E-state index contributed by atoms with van der Waals surface area (Å²) in [5, 5.41) is 7.32. The zero-order valence-corrected chi connectivity index (χ0v) is 4.95. The number of nitrogens with zero attached hydrogens (tertiary/aromatic N) is 1. The minimum absolute atomic E-state index is 0. The van der Waals surface area contributed by atoms with E-state index in [-0.39, 0.29) is 19.5 Å². The Morgan fingerprint density at radius 2 is 1.67 bits per heavy atom. The SMILES string of the molecule is CC#N.[C]=O.[Ru]. The van der Waals surface area contributed by atoms with E-state index < -0.39 is 0 Å². The molecular formula is C3H3NORu. The minimum Gasteiger partial charge on any atom is -0.281 e. The Labute approximate surface area is 49.9 Å². The van der Waals surface area contributed by atoms with Crippen LogP contribution in [0.5, 0.6) is 0 Å². The molecule has 0 atom stereocenters. The van der Waals surface area contributed by atoms with Crippen LogP contribution in [0.3, 0.4) is 0 Å². The van der Waals surface area contributed by atoms with Crippen LogP contribution in [0.1, 0.15) is 6.92 Å². The fraction of sp³-hybridized carbons (Fsp3) is 0.333. The Hall–Kier alpha value is -0.217. The molecule has 0 saturated carbocycles. The summed E-state index contributed by atoms with van der Waals surface area (Å²) in [6, 6.07) is 1.75. The maximum Gasteiger partial charge on any atom is 0.281 e. The fourth-order valence-electron chi connectivity index (χ4n) is 0. The molecule has 0 heterocycles. The number of hydrogen-bond acceptors (Lipinski definition) is 2. The average Bonchev–Trinajstić information content (AvgIpc) is 1.46. The second kappa shape index (κ2) is 112. The topological polar surface area (TPSA) is 40.9 Å². The van der Waals surface area contributed by atoms with Gasteiger partial charge in [0.25, 0.3) is 6.79 Å². The molecule has 6 heavy (non-hydrogen) atoms. The van der Waals surface area contributed by atoms with Gasteiger partial charge in [0.2, 0.25) is 0 Å². The van der Waals surface area contributed by atoms with E-state index in [1.807, 2.05) is 0 Å². The Morgan fingerprint density at radius 1 is 1.67 bits per heavy atom. The fourth-order valence-corrected chi connectivity index (χ4v) is 0. The second-order valence-corrected chi connectivity index (χ2v) is 0.224. The monoisotopic (exact) mass is 171 g/mol. The van der Waals surface area contributed by atoms with Crippen LogP contribution in [-0.4, -0.2) is 6.79 Å². The first kappa shape index (κ1) is 17.1. The number of hydrogen-bond donors (Lipinski definition) is 0. The van der Waals surface area contributed by atoms with Crippen molar-refractivity contribution in [3.63, 3.8) is 0 Å². The van der Waals surface area contributed by atoms with Crippen LogP contribution in [0, 0.1) is 11.3 Å². The van der Waals surface area contributed by atoms with Gasteiger partial charge in [0.15, 0.2) is 0 Å². The van der Waals surface area contributed by atoms with Gasteiger partial charge in [-0.25, -0.2) is 0 Å². The smallest absolute Gasteiger partial charge is 0.281 e. The molecule has 0 aromatic heterocycles. The maximum absolute atomic E-state index is 7.50. The third kappa shape index (κ3) is 625. The molecule has 3 heteroatoms. The van der Waals surface area contributed by atoms with Crippen molar-refractivity contribution in [1.82, 2.24) is 0 Å². The van der Waals surface area contributed by atoms with Crippen molar-refractivity contribution in [1.29, 1.82) is 5.26 Å². The van der Waals surface area contributed by atoms with Gasteiger partial charge in [-0.1, -0.05) is 0 Å². The molecule has 0 saturated heterocycles. The first-order valence-electron chi connectivity index (χ1n) is 0.928. The molecule has 0 amide bonds. The van der Waals surface area contributed by atoms with Crippen LogP contribution in [0.15, 0.2) is 0 Å². The van der Waals surface area contributed by atoms with Gasteiger partial charge in [0, 0.05) is 26.4 Å². The van der Waals surface area contributed by atoms with Gasteiger partial charge in [-0.15, -0.1) is 0 Å². The van der Waals surface area contributed by atoms with E-state index in [1.54, 1.807) is 6.07 Å². The summed E-state index contributed by atoms with van der Waals surface area (Å²) in [6.07, 6.45) is 0. The van der Waals surface area contributed by atoms with E-state index in [0.29, 0.717) is 0 Å². The van der Waals surface area contributed by atoms with Gasteiger partial charge in [-0.2, -0.15) is 5.26 Å². The van der Waals surface area contributed by atoms with Crippen molar-refractivity contribution in [2.24, 2.45) is 0 Å². The molecule has 0 fully saturated rings. The normalized spacial score (nSPS) is 2.00. The van der Waals surface area contributed by atoms with E-state index in [9.17, 15) is 0 Å². The van der Waals surface area contributed by atoms with E-state index >= 15 is 0 Å². The van der Waals surface area contributed by atoms with Crippen LogP contribution >= 0.6 is 0 Å². The van der Waals surface area contributed by atoms with Crippen molar-refractivity contribution in [2.75, 3.05) is 0 Å². The Bertz CT molecular complexity index is 40.5. The van der Waals surface area contributed by atoms with Gasteiger partial charge in [-0.05, 0) is 0 Å². The third-order valence-corrected chi connectivity index (χ3v) is 0. The van der Waals surface area contributed by atoms with E-state index in [1.165, 1.54) is 6.92 Å². The Kier molecular flexibility index (Phi) is 318. The van der Waals surface area contributed by atoms with E-state index in [0.717, 1.165) is 0 Å². The molecule has 0 N–H and O–H groups in total. The number of nitriles is 1. The molecule has 34 valence electrons. The van der Waals surface area contributed by atoms with Crippen LogP contribution in [0.25, 0.3) is 0 Å². The van der Waals surface area contributed by atoms with Crippen molar-refractivity contribution in [3.05, 3.63) is 0 Å². The summed E-state index contributed by atoms with van der Waals surface area (Å²) in [6.45, 7) is 5.93. The predicted molar refractivity (Wildman–Crippen MR) is 17.0 cm³/mol. The molecule has 0 aliphatic heterocycles. The quantitative estimate of drug-likeness (QED) is 0.485. The van der Waals surface area contributed by atoms with Crippen LogP contribution in [0.2, 0.25) is 0 Å². The van der Waals surface area contributed by atoms with Gasteiger partial charge < -0.3 is 0 Å². The zero-order chi connectivity index (χ0) is 4.71. The van der Waals surface area contributed by atoms with Gasteiger partial charge in [0.05, 0.1) is 6.07 Å². The molecule has 0 aliphatic rings. The van der Waals surface area contributed by atoms with Gasteiger partial charge >= 0.3 is 0 Å². The molecule has 0 spiro atoms. The summed E-state index contributed by atoms with van der Waals surface area (Å²) in [5.41, 5.74) is 0. The molecule has 2 radical (unpaired) electrons. The molecule has 0 aromatic carbocycles. The van der Waals surface area contributed by atoms with Crippen LogP contribution in [-0.2, 0) is 24.3 Å². The summed E-state index contributed by atoms with van der Waals surface area (Å²) in [7, 11) is 0. The van der Waals surface area contributed by atoms with Gasteiger partial charge in [-0.3, -0.25) is 4.79 Å². The summed E-state index contributed by atoms with van der Waals surface area (Å²) < 4.78 is 0. The largest absolute Gasteiger partial charge is 0.281 e. The van der Waals surface area contributed by atoms with Crippen LogP contribution < -0.4 is 0 Å². The van der Waals surface area contributed by atoms with Crippen molar-refractivity contribution in [3.8, 4) is 6.07 Å². The minimum atomic E-state index is 0. The average molecular weight is 170 g/mol. The first-order chi connectivity index (χ1) is 2.41. The standard InChI is InChI=1S/C2H3N.CO.Ru/c1-2-3;1-2;/h1H3;;. The summed E-state index contributed by atoms with van der Waals surface area (Å²) in [4.78, 5) is 7.50. The Balaban J connectivity index is -0.0000000275. The van der Waals surface area contributed by atoms with Crippen molar-refractivity contribution < 1.29 is 24.3 Å². The zero-order valence-electron chi connectivity index (χ0n) is 3.21. The molecular weight excluding hydrogens is 167 g/mol. The van der Waals surface area contributed by atoms with Crippen LogP contribution in [0.4, 0.5) is 0 Å². The summed E-state index contributed by atoms with van der Waals surface area (Å²) in [5.74, 6) is 0. The van der Waals surface area contributed by atoms with Crippen molar-refractivity contribution in [2.45, 2.75) is 6.92 Å². The molecule has 2 nitrogen and oxygen atoms in total. The van der Waals surface area contributed by atoms with Crippen molar-refractivity contribution >= 4 is 6.79 Å². The van der Waals surface area contributed by atoms with E-state index in [4.69, 9.17) is 10.1 Å². The molecule has 0 bridgehead atoms. The van der Waals surface area contributed by atoms with E-state index in [2.05, 4.69) is 6.79 Å². The Morgan fingerprint density at radius 3 is 1.67 bits per heavy atom. The molecule has 0 rings (SSSR count). The molecule has 0 aliphatic carbocycles. The third-order valence-electron chi connectivity index (χ3n) is 0. The van der Waals surface area contributed by atoms with Gasteiger partial charge in [0.1, 0.15) is 0 Å². The summed E-state index contributed by atoms with van der Waals surface area (Å²) >= 11 is 0. The second-order valence-electron chi connectivity index (χ2n) is 0.224.